The van der Waals surface area contributed by atoms with Gasteiger partial charge in [0.25, 0.3) is 0 Å². The summed E-state index contributed by atoms with van der Waals surface area (Å²) in [5.41, 5.74) is 3.01. The highest BCUT2D eigenvalue weighted by molar-refractivity contribution is 7.99. The zero-order valence-corrected chi connectivity index (χ0v) is 15.2. The smallest absolute Gasteiger partial charge is 0.177 e. The molecule has 1 aromatic rings. The number of ketones is 1. The van der Waals surface area contributed by atoms with Crippen LogP contribution in [0.3, 0.4) is 0 Å². The molecule has 0 aliphatic carbocycles. The van der Waals surface area contributed by atoms with Crippen LogP contribution < -0.4 is 0 Å². The Morgan fingerprint density at radius 3 is 2.57 bits per heavy atom. The summed E-state index contributed by atoms with van der Waals surface area (Å²) in [4.78, 5) is 13.2. The van der Waals surface area contributed by atoms with Crippen molar-refractivity contribution < 1.29 is 4.79 Å². The van der Waals surface area contributed by atoms with Crippen LogP contribution in [0, 0.1) is 19.8 Å². The number of thioether (sulfide) groups is 1. The lowest BCUT2D eigenvalue weighted by atomic mass is 10.0. The van der Waals surface area contributed by atoms with Gasteiger partial charge in [-0.3, -0.25) is 4.79 Å². The van der Waals surface area contributed by atoms with Crippen molar-refractivity contribution in [2.45, 2.75) is 58.3 Å². The molecular weight excluding hydrogens is 300 g/mol. The van der Waals surface area contributed by atoms with Crippen LogP contribution in [0.4, 0.5) is 0 Å². The summed E-state index contributed by atoms with van der Waals surface area (Å²) in [7, 11) is 0. The van der Waals surface area contributed by atoms with Gasteiger partial charge in [-0.1, -0.05) is 33.1 Å². The number of hydrogen-bond acceptors (Lipinski definition) is 2. The van der Waals surface area contributed by atoms with E-state index >= 15 is 0 Å². The molecule has 21 heavy (non-hydrogen) atoms. The molecule has 1 aromatic carbocycles. The maximum atomic E-state index is 11.9. The fourth-order valence-electron chi connectivity index (χ4n) is 2.44. The maximum absolute atomic E-state index is 11.9. The van der Waals surface area contributed by atoms with E-state index in [1.807, 2.05) is 31.7 Å². The highest BCUT2D eigenvalue weighted by Gasteiger charge is 2.14. The van der Waals surface area contributed by atoms with E-state index in [1.54, 1.807) is 0 Å². The topological polar surface area (TPSA) is 17.1 Å². The summed E-state index contributed by atoms with van der Waals surface area (Å²) < 4.78 is 0. The molecule has 0 aliphatic heterocycles. The van der Waals surface area contributed by atoms with Gasteiger partial charge in [-0.05, 0) is 49.4 Å². The van der Waals surface area contributed by atoms with Gasteiger partial charge in [0.05, 0.1) is 5.88 Å². The summed E-state index contributed by atoms with van der Waals surface area (Å²) in [5, 5.41) is 0. The van der Waals surface area contributed by atoms with Crippen molar-refractivity contribution in [3.05, 3.63) is 28.8 Å². The number of unbranched alkanes of at least 4 members (excludes halogenated alkanes) is 1. The van der Waals surface area contributed by atoms with E-state index in [2.05, 4.69) is 19.9 Å². The van der Waals surface area contributed by atoms with Crippen LogP contribution in [-0.4, -0.2) is 17.4 Å². The lowest BCUT2D eigenvalue weighted by Crippen LogP contribution is -2.06. The first-order chi connectivity index (χ1) is 10.0. The van der Waals surface area contributed by atoms with Gasteiger partial charge in [-0.2, -0.15) is 0 Å². The van der Waals surface area contributed by atoms with Gasteiger partial charge >= 0.3 is 0 Å². The number of benzene rings is 1. The normalized spacial score (nSPS) is 12.4. The minimum absolute atomic E-state index is 0.0257. The highest BCUT2D eigenvalue weighted by atomic mass is 35.5. The third-order valence-electron chi connectivity index (χ3n) is 3.94. The van der Waals surface area contributed by atoms with E-state index < -0.39 is 0 Å². The van der Waals surface area contributed by atoms with E-state index in [-0.39, 0.29) is 11.7 Å². The van der Waals surface area contributed by atoms with Crippen LogP contribution in [-0.2, 0) is 0 Å². The molecule has 0 radical (unpaired) electrons. The molecular formula is C18H27ClOS. The first-order valence-electron chi connectivity index (χ1n) is 7.86. The van der Waals surface area contributed by atoms with Crippen molar-refractivity contribution in [1.82, 2.24) is 0 Å². The third-order valence-corrected chi connectivity index (χ3v) is 5.56. The number of carbonyl (C=O) groups is 1. The molecule has 0 fully saturated rings. The van der Waals surface area contributed by atoms with Crippen molar-refractivity contribution in [3.63, 3.8) is 0 Å². The zero-order valence-electron chi connectivity index (χ0n) is 13.7. The first kappa shape index (κ1) is 18.6. The van der Waals surface area contributed by atoms with Crippen LogP contribution >= 0.6 is 23.4 Å². The monoisotopic (exact) mass is 326 g/mol. The van der Waals surface area contributed by atoms with E-state index in [1.165, 1.54) is 30.6 Å². The molecule has 0 amide bonds. The van der Waals surface area contributed by atoms with Crippen LogP contribution in [0.2, 0.25) is 0 Å². The molecule has 118 valence electrons. The second-order valence-corrected chi connectivity index (χ2v) is 7.05. The van der Waals surface area contributed by atoms with Crippen LogP contribution in [0.25, 0.3) is 0 Å². The Balaban J connectivity index is 2.83. The fraction of sp³-hybridized carbons (Fsp3) is 0.611. The average Bonchev–Trinajstić information content (AvgIpc) is 2.49. The van der Waals surface area contributed by atoms with Crippen molar-refractivity contribution in [1.29, 1.82) is 0 Å². The molecule has 0 spiro atoms. The molecule has 0 aliphatic rings. The number of Topliss-reactive ketones (excluding diaryl/α,β-unsaturated/α-hetero) is 1. The van der Waals surface area contributed by atoms with Crippen LogP contribution in [0.5, 0.6) is 0 Å². The third kappa shape index (κ3) is 5.67. The van der Waals surface area contributed by atoms with E-state index in [0.29, 0.717) is 0 Å². The second kappa shape index (κ2) is 9.53. The quantitative estimate of drug-likeness (QED) is 0.313. The van der Waals surface area contributed by atoms with E-state index in [0.717, 1.165) is 28.4 Å². The maximum Gasteiger partial charge on any atom is 0.177 e. The summed E-state index contributed by atoms with van der Waals surface area (Å²) in [6.07, 6.45) is 5.10. The summed E-state index contributed by atoms with van der Waals surface area (Å²) >= 11 is 7.61. The molecule has 0 saturated heterocycles. The standard InChI is InChI=1S/C18H27ClOS/c1-5-7-8-15(6-2)12-21-18-10-13(3)9-16(14(18)4)17(20)11-19/h9-10,15H,5-8,11-12H2,1-4H3. The van der Waals surface area contributed by atoms with Crippen molar-refractivity contribution in [2.75, 3.05) is 11.6 Å². The minimum atomic E-state index is 0.0257. The van der Waals surface area contributed by atoms with Gasteiger partial charge in [0.1, 0.15) is 0 Å². The Labute approximate surface area is 138 Å². The Hall–Kier alpha value is -0.470. The molecule has 0 aromatic heterocycles. The number of hydrogen-bond donors (Lipinski definition) is 0. The second-order valence-electron chi connectivity index (χ2n) is 5.72. The zero-order chi connectivity index (χ0) is 15.8. The Morgan fingerprint density at radius 1 is 1.29 bits per heavy atom. The number of carbonyl (C=O) groups excluding carboxylic acids is 1. The number of aryl methyl sites for hydroxylation is 1. The van der Waals surface area contributed by atoms with Crippen LogP contribution in [0.15, 0.2) is 17.0 Å². The predicted octanol–water partition coefficient (Wildman–Crippen LogP) is 6.03. The van der Waals surface area contributed by atoms with Gasteiger partial charge in [-0.15, -0.1) is 23.4 Å². The predicted molar refractivity (Wildman–Crippen MR) is 95.0 cm³/mol. The van der Waals surface area contributed by atoms with E-state index in [4.69, 9.17) is 11.6 Å². The lowest BCUT2D eigenvalue weighted by molar-refractivity contribution is 0.102. The fourth-order valence-corrected chi connectivity index (χ4v) is 4.00. The molecule has 1 rings (SSSR count). The van der Waals surface area contributed by atoms with Crippen molar-refractivity contribution >= 4 is 29.1 Å². The molecule has 0 heterocycles. The summed E-state index contributed by atoms with van der Waals surface area (Å²) in [6, 6.07) is 4.15. The first-order valence-corrected chi connectivity index (χ1v) is 9.38. The molecule has 1 nitrogen and oxygen atoms in total. The SMILES string of the molecule is CCCCC(CC)CSc1cc(C)cc(C(=O)CCl)c1C. The minimum Gasteiger partial charge on any atom is -0.293 e. The van der Waals surface area contributed by atoms with Crippen molar-refractivity contribution in [3.8, 4) is 0 Å². The van der Waals surface area contributed by atoms with E-state index in [9.17, 15) is 4.79 Å². The van der Waals surface area contributed by atoms with Gasteiger partial charge in [-0.25, -0.2) is 0 Å². The molecule has 1 unspecified atom stereocenters. The molecule has 1 atom stereocenters. The largest absolute Gasteiger partial charge is 0.293 e. The average molecular weight is 327 g/mol. The van der Waals surface area contributed by atoms with Crippen molar-refractivity contribution in [2.24, 2.45) is 5.92 Å². The Bertz CT molecular complexity index is 471. The number of halogens is 1. The highest BCUT2D eigenvalue weighted by Crippen LogP contribution is 2.30. The Kier molecular flexibility index (Phi) is 8.43. The summed E-state index contributed by atoms with van der Waals surface area (Å²) in [6.45, 7) is 8.60. The van der Waals surface area contributed by atoms with Gasteiger partial charge in [0.2, 0.25) is 0 Å². The van der Waals surface area contributed by atoms with Gasteiger partial charge in [0, 0.05) is 16.2 Å². The molecule has 3 heteroatoms. The van der Waals surface area contributed by atoms with Gasteiger partial charge in [0.15, 0.2) is 5.78 Å². The molecule has 0 saturated carbocycles. The Morgan fingerprint density at radius 2 is 2.00 bits per heavy atom. The molecule has 0 bridgehead atoms. The van der Waals surface area contributed by atoms with Crippen LogP contribution in [0.1, 0.15) is 61.0 Å². The molecule has 0 N–H and O–H groups in total. The summed E-state index contributed by atoms with van der Waals surface area (Å²) in [5.74, 6) is 1.98. The lowest BCUT2D eigenvalue weighted by Gasteiger charge is -2.16. The van der Waals surface area contributed by atoms with Gasteiger partial charge < -0.3 is 0 Å². The number of alkyl halides is 1. The number of rotatable bonds is 9.